The van der Waals surface area contributed by atoms with E-state index in [9.17, 15) is 13.2 Å². The molecule has 0 spiro atoms. The Kier molecular flexibility index (Phi) is 4.40. The molecule has 0 amide bonds. The molecule has 3 atom stereocenters. The molecule has 0 unspecified atom stereocenters. The Morgan fingerprint density at radius 2 is 1.72 bits per heavy atom. The van der Waals surface area contributed by atoms with Gasteiger partial charge in [-0.05, 0) is 25.7 Å². The highest BCUT2D eigenvalue weighted by Crippen LogP contribution is 2.46. The van der Waals surface area contributed by atoms with Gasteiger partial charge in [-0.15, -0.1) is 0 Å². The van der Waals surface area contributed by atoms with Crippen molar-refractivity contribution in [2.24, 2.45) is 0 Å². The SMILES string of the molecule is CO[C@H]1C[C@H]2CC[C@@H](C1)N2c1c(-c2c(F)cc(F)cc2F)c(Cl)nc2ncnn12. The number of halogens is 4. The molecule has 5 rings (SSSR count). The third-order valence-corrected chi connectivity index (χ3v) is 6.16. The van der Waals surface area contributed by atoms with Gasteiger partial charge in [0, 0.05) is 31.3 Å². The van der Waals surface area contributed by atoms with Crippen molar-refractivity contribution in [3.05, 3.63) is 41.1 Å². The maximum absolute atomic E-state index is 14.7. The number of piperidine rings is 1. The van der Waals surface area contributed by atoms with Crippen molar-refractivity contribution in [3.8, 4) is 11.1 Å². The Morgan fingerprint density at radius 1 is 1.07 bits per heavy atom. The van der Waals surface area contributed by atoms with E-state index in [-0.39, 0.29) is 34.7 Å². The van der Waals surface area contributed by atoms with Gasteiger partial charge >= 0.3 is 0 Å². The summed E-state index contributed by atoms with van der Waals surface area (Å²) < 4.78 is 50.0. The highest BCUT2D eigenvalue weighted by Gasteiger charge is 2.44. The molecular weight excluding hydrogens is 407 g/mol. The zero-order valence-electron chi connectivity index (χ0n) is 15.4. The van der Waals surface area contributed by atoms with Gasteiger partial charge in [-0.1, -0.05) is 11.6 Å². The van der Waals surface area contributed by atoms with Gasteiger partial charge in [0.05, 0.1) is 17.2 Å². The van der Waals surface area contributed by atoms with Crippen LogP contribution in [0.2, 0.25) is 5.15 Å². The van der Waals surface area contributed by atoms with Gasteiger partial charge in [0.1, 0.15) is 34.7 Å². The Bertz CT molecular complexity index is 1070. The molecule has 2 aliphatic rings. The Hall–Kier alpha value is -2.39. The van der Waals surface area contributed by atoms with Crippen LogP contribution in [0.1, 0.15) is 25.7 Å². The largest absolute Gasteiger partial charge is 0.381 e. The molecule has 2 aromatic heterocycles. The molecule has 0 aliphatic carbocycles. The number of nitrogens with zero attached hydrogens (tertiary/aromatic N) is 5. The van der Waals surface area contributed by atoms with Crippen LogP contribution in [0.5, 0.6) is 0 Å². The Balaban J connectivity index is 1.78. The van der Waals surface area contributed by atoms with Crippen molar-refractivity contribution in [1.82, 2.24) is 19.6 Å². The van der Waals surface area contributed by atoms with Gasteiger partial charge in [-0.25, -0.2) is 13.2 Å². The Morgan fingerprint density at radius 3 is 2.34 bits per heavy atom. The summed E-state index contributed by atoms with van der Waals surface area (Å²) in [6.45, 7) is 0. The number of ether oxygens (including phenoxy) is 1. The van der Waals surface area contributed by atoms with Gasteiger partial charge in [0.25, 0.3) is 5.78 Å². The number of rotatable bonds is 3. The van der Waals surface area contributed by atoms with Gasteiger partial charge in [0.15, 0.2) is 0 Å². The molecule has 10 heteroatoms. The standard InChI is InChI=1S/C19H17ClF3N5O/c1-29-12-6-10-2-3-11(7-12)27(10)18-16(15-13(22)4-9(21)5-14(15)23)17(20)26-19-24-8-25-28(18)19/h4-5,8,10-12H,2-3,6-7H2,1H3/t10-,11+,12+. The lowest BCUT2D eigenvalue weighted by atomic mass is 9.97. The first kappa shape index (κ1) is 18.6. The molecule has 0 radical (unpaired) electrons. The van der Waals surface area contributed by atoms with Gasteiger partial charge in [0.2, 0.25) is 0 Å². The molecule has 2 fully saturated rings. The van der Waals surface area contributed by atoms with E-state index in [4.69, 9.17) is 16.3 Å². The molecule has 0 N–H and O–H groups in total. The molecule has 152 valence electrons. The predicted molar refractivity (Wildman–Crippen MR) is 100 cm³/mol. The first-order chi connectivity index (χ1) is 14.0. The topological polar surface area (TPSA) is 55.5 Å². The van der Waals surface area contributed by atoms with Crippen LogP contribution in [0.4, 0.5) is 19.0 Å². The lowest BCUT2D eigenvalue weighted by molar-refractivity contribution is 0.0681. The molecule has 2 saturated heterocycles. The summed E-state index contributed by atoms with van der Waals surface area (Å²) in [7, 11) is 1.69. The van der Waals surface area contributed by atoms with E-state index in [1.807, 2.05) is 0 Å². The van der Waals surface area contributed by atoms with Crippen molar-refractivity contribution in [3.63, 3.8) is 0 Å². The van der Waals surface area contributed by atoms with E-state index in [0.29, 0.717) is 18.0 Å². The molecule has 3 aromatic rings. The summed E-state index contributed by atoms with van der Waals surface area (Å²) >= 11 is 6.40. The minimum absolute atomic E-state index is 0.0485. The van der Waals surface area contributed by atoms with E-state index in [1.54, 1.807) is 7.11 Å². The number of hydrogen-bond acceptors (Lipinski definition) is 5. The number of fused-ring (bicyclic) bond motifs is 3. The summed E-state index contributed by atoms with van der Waals surface area (Å²) in [5.74, 6) is -2.46. The van der Waals surface area contributed by atoms with E-state index in [2.05, 4.69) is 20.0 Å². The van der Waals surface area contributed by atoms with Crippen LogP contribution >= 0.6 is 11.6 Å². The van der Waals surface area contributed by atoms with E-state index >= 15 is 0 Å². The number of benzene rings is 1. The molecular formula is C19H17ClF3N5O. The quantitative estimate of drug-likeness (QED) is 0.596. The van der Waals surface area contributed by atoms with Crippen molar-refractivity contribution < 1.29 is 17.9 Å². The third kappa shape index (κ3) is 2.86. The van der Waals surface area contributed by atoms with Crippen LogP contribution in [0.25, 0.3) is 16.9 Å². The molecule has 2 bridgehead atoms. The number of hydrogen-bond donors (Lipinski definition) is 0. The highest BCUT2D eigenvalue weighted by molar-refractivity contribution is 6.33. The molecule has 6 nitrogen and oxygen atoms in total. The second-order valence-electron chi connectivity index (χ2n) is 7.44. The van der Waals surface area contributed by atoms with Crippen molar-refractivity contribution in [2.75, 3.05) is 12.0 Å². The summed E-state index contributed by atoms with van der Waals surface area (Å²) in [6.07, 6.45) is 4.80. The van der Waals surface area contributed by atoms with E-state index in [1.165, 1.54) is 10.8 Å². The fourth-order valence-electron chi connectivity index (χ4n) is 4.70. The lowest BCUT2D eigenvalue weighted by Crippen LogP contribution is -2.46. The first-order valence-electron chi connectivity index (χ1n) is 9.33. The van der Waals surface area contributed by atoms with Crippen LogP contribution in [-0.4, -0.2) is 44.9 Å². The zero-order valence-corrected chi connectivity index (χ0v) is 16.2. The summed E-state index contributed by atoms with van der Waals surface area (Å²) in [5, 5.41) is 4.11. The minimum Gasteiger partial charge on any atom is -0.381 e. The van der Waals surface area contributed by atoms with Gasteiger partial charge in [-0.2, -0.15) is 19.6 Å². The monoisotopic (exact) mass is 423 g/mol. The average molecular weight is 424 g/mol. The number of anilines is 1. The van der Waals surface area contributed by atoms with Gasteiger partial charge in [-0.3, -0.25) is 0 Å². The number of aromatic nitrogens is 4. The molecule has 1 aromatic carbocycles. The van der Waals surface area contributed by atoms with Crippen molar-refractivity contribution in [1.29, 1.82) is 0 Å². The van der Waals surface area contributed by atoms with Crippen LogP contribution in [0.3, 0.4) is 0 Å². The summed E-state index contributed by atoms with van der Waals surface area (Å²) in [5.41, 5.74) is -0.378. The third-order valence-electron chi connectivity index (χ3n) is 5.88. The average Bonchev–Trinajstić information content (AvgIpc) is 3.22. The predicted octanol–water partition coefficient (Wildman–Crippen LogP) is 4.01. The van der Waals surface area contributed by atoms with Gasteiger partial charge < -0.3 is 9.64 Å². The van der Waals surface area contributed by atoms with E-state index < -0.39 is 23.0 Å². The normalized spacial score (nSPS) is 23.9. The molecule has 0 saturated carbocycles. The second-order valence-corrected chi connectivity index (χ2v) is 7.80. The molecule has 2 aliphatic heterocycles. The fourth-order valence-corrected chi connectivity index (χ4v) is 4.96. The zero-order chi connectivity index (χ0) is 20.3. The maximum atomic E-state index is 14.7. The van der Waals surface area contributed by atoms with Crippen molar-refractivity contribution in [2.45, 2.75) is 43.9 Å². The van der Waals surface area contributed by atoms with E-state index in [0.717, 1.165) is 25.7 Å². The van der Waals surface area contributed by atoms with Crippen LogP contribution in [0, 0.1) is 17.5 Å². The molecule has 4 heterocycles. The van der Waals surface area contributed by atoms with Crippen LogP contribution < -0.4 is 4.90 Å². The second kappa shape index (κ2) is 6.84. The lowest BCUT2D eigenvalue weighted by Gasteiger charge is -2.40. The summed E-state index contributed by atoms with van der Waals surface area (Å²) in [6, 6.07) is 1.45. The Labute approximate surface area is 169 Å². The van der Waals surface area contributed by atoms with Crippen LogP contribution in [-0.2, 0) is 4.74 Å². The number of methoxy groups -OCH3 is 1. The smallest absolute Gasteiger partial charge is 0.255 e. The molecule has 29 heavy (non-hydrogen) atoms. The van der Waals surface area contributed by atoms with Crippen molar-refractivity contribution >= 4 is 23.2 Å². The fraction of sp³-hybridized carbons (Fsp3) is 0.421. The maximum Gasteiger partial charge on any atom is 0.255 e. The summed E-state index contributed by atoms with van der Waals surface area (Å²) in [4.78, 5) is 10.3. The van der Waals surface area contributed by atoms with Crippen LogP contribution in [0.15, 0.2) is 18.5 Å². The highest BCUT2D eigenvalue weighted by atomic mass is 35.5. The first-order valence-corrected chi connectivity index (χ1v) is 9.71. The minimum atomic E-state index is -1.05.